The van der Waals surface area contributed by atoms with Crippen LogP contribution in [0.4, 0.5) is 0 Å². The molecule has 0 N–H and O–H groups in total. The molecule has 0 rings (SSSR count). The first-order chi connectivity index (χ1) is 33.5. The highest BCUT2D eigenvalue weighted by Gasteiger charge is 2.19. The summed E-state index contributed by atoms with van der Waals surface area (Å²) in [6, 6.07) is 0. The summed E-state index contributed by atoms with van der Waals surface area (Å²) in [6.07, 6.45) is 76.2. The number of hydrogen-bond acceptors (Lipinski definition) is 6. The highest BCUT2D eigenvalue weighted by Crippen LogP contribution is 2.13. The van der Waals surface area contributed by atoms with Gasteiger partial charge in [0.2, 0.25) is 0 Å². The number of carbonyl (C=O) groups excluding carboxylic acids is 3. The van der Waals surface area contributed by atoms with Crippen molar-refractivity contribution >= 4 is 17.9 Å². The largest absolute Gasteiger partial charge is 0.462 e. The van der Waals surface area contributed by atoms with Gasteiger partial charge in [-0.3, -0.25) is 14.4 Å². The summed E-state index contributed by atoms with van der Waals surface area (Å²) >= 11 is 0. The van der Waals surface area contributed by atoms with Gasteiger partial charge in [-0.25, -0.2) is 0 Å². The number of ether oxygens (including phenoxy) is 3. The molecule has 0 aliphatic heterocycles. The number of unbranched alkanes of at least 4 members (excludes halogenated alkanes) is 17. The summed E-state index contributed by atoms with van der Waals surface area (Å²) in [5, 5.41) is 0. The van der Waals surface area contributed by atoms with Crippen molar-refractivity contribution in [1.82, 2.24) is 0 Å². The Morgan fingerprint density at radius 3 is 1.03 bits per heavy atom. The Morgan fingerprint density at radius 2 is 0.618 bits per heavy atom. The topological polar surface area (TPSA) is 78.9 Å². The first-order valence-corrected chi connectivity index (χ1v) is 27.5. The second-order valence-corrected chi connectivity index (χ2v) is 17.7. The van der Waals surface area contributed by atoms with Crippen molar-refractivity contribution in [2.24, 2.45) is 0 Å². The molecule has 0 spiro atoms. The molecule has 1 unspecified atom stereocenters. The third kappa shape index (κ3) is 52.8. The van der Waals surface area contributed by atoms with Crippen molar-refractivity contribution in [1.29, 1.82) is 0 Å². The Kier molecular flexibility index (Phi) is 52.0. The van der Waals surface area contributed by atoms with Crippen LogP contribution in [0.2, 0.25) is 0 Å². The van der Waals surface area contributed by atoms with Crippen LogP contribution in [-0.4, -0.2) is 37.2 Å². The Hall–Kier alpha value is -4.19. The molecule has 0 aliphatic carbocycles. The molecule has 68 heavy (non-hydrogen) atoms. The SMILES string of the molecule is CC/C=C\C/C=C\C/C=C\C/C=C\C/C=C\C/C=C\CCC(=O)OCC(COC(=O)CCCCCCC/C=C\C/C=C\CCCC)OC(=O)CCCCCCCCC/C=C\C/C=C\CCCCC. The quantitative estimate of drug-likeness (QED) is 0.0262. The molecule has 0 aromatic carbocycles. The van der Waals surface area contributed by atoms with Crippen LogP contribution in [-0.2, 0) is 28.6 Å². The Bertz CT molecular complexity index is 1450. The van der Waals surface area contributed by atoms with Crippen molar-refractivity contribution in [3.63, 3.8) is 0 Å². The van der Waals surface area contributed by atoms with Crippen molar-refractivity contribution in [3.8, 4) is 0 Å². The summed E-state index contributed by atoms with van der Waals surface area (Å²) in [7, 11) is 0. The second kappa shape index (κ2) is 55.4. The van der Waals surface area contributed by atoms with Crippen LogP contribution in [0.1, 0.15) is 233 Å². The highest BCUT2D eigenvalue weighted by molar-refractivity contribution is 5.71. The zero-order valence-corrected chi connectivity index (χ0v) is 43.8. The lowest BCUT2D eigenvalue weighted by atomic mass is 10.1. The maximum Gasteiger partial charge on any atom is 0.306 e. The molecule has 0 bridgehead atoms. The monoisotopic (exact) mass is 941 g/mol. The molecule has 0 amide bonds. The Balaban J connectivity index is 4.55. The minimum Gasteiger partial charge on any atom is -0.462 e. The fraction of sp³-hybridized carbons (Fsp3) is 0.629. The summed E-state index contributed by atoms with van der Waals surface area (Å²) in [5.74, 6) is -1.03. The van der Waals surface area contributed by atoms with Gasteiger partial charge in [0.15, 0.2) is 6.10 Å². The third-order valence-electron chi connectivity index (χ3n) is 11.2. The zero-order chi connectivity index (χ0) is 49.3. The van der Waals surface area contributed by atoms with Gasteiger partial charge < -0.3 is 14.2 Å². The number of carbonyl (C=O) groups is 3. The van der Waals surface area contributed by atoms with Crippen molar-refractivity contribution < 1.29 is 28.6 Å². The zero-order valence-electron chi connectivity index (χ0n) is 43.8. The molecule has 384 valence electrons. The lowest BCUT2D eigenvalue weighted by Gasteiger charge is -2.18. The maximum atomic E-state index is 12.8. The second-order valence-electron chi connectivity index (χ2n) is 17.7. The average molecular weight is 941 g/mol. The van der Waals surface area contributed by atoms with Crippen LogP contribution >= 0.6 is 0 Å². The molecular formula is C62H100O6. The summed E-state index contributed by atoms with van der Waals surface area (Å²) in [6.45, 7) is 6.37. The van der Waals surface area contributed by atoms with Gasteiger partial charge in [0.25, 0.3) is 0 Å². The molecule has 0 aromatic heterocycles. The van der Waals surface area contributed by atoms with E-state index in [0.29, 0.717) is 19.3 Å². The smallest absolute Gasteiger partial charge is 0.306 e. The number of allylic oxidation sites excluding steroid dienone is 20. The van der Waals surface area contributed by atoms with E-state index in [-0.39, 0.29) is 37.5 Å². The van der Waals surface area contributed by atoms with E-state index in [9.17, 15) is 14.4 Å². The van der Waals surface area contributed by atoms with E-state index in [1.54, 1.807) is 0 Å². The van der Waals surface area contributed by atoms with Crippen molar-refractivity contribution in [2.45, 2.75) is 239 Å². The predicted molar refractivity (Wildman–Crippen MR) is 293 cm³/mol. The molecular weight excluding hydrogens is 841 g/mol. The molecule has 0 aliphatic rings. The standard InChI is InChI=1S/C62H100O6/c1-4-7-10-13-16-19-22-25-28-30-31-33-34-37-40-43-46-49-52-55-61(64)67-58-59(57-66-60(63)54-51-48-45-42-39-36-27-24-21-18-15-12-9-6-3)68-62(65)56-53-50-47-44-41-38-35-32-29-26-23-20-17-14-11-8-5-2/h7,10,15-20,24-29,31,33,37,40,46,49,59H,4-6,8-9,11-14,21-23,30,32,34-36,38-39,41-45,47-48,50-58H2,1-3H3/b10-7-,18-15-,19-16-,20-17-,27-24-,28-25-,29-26-,33-31-,40-37-,49-46-. The Morgan fingerprint density at radius 1 is 0.309 bits per heavy atom. The van der Waals surface area contributed by atoms with E-state index < -0.39 is 6.10 Å². The molecule has 0 aromatic rings. The van der Waals surface area contributed by atoms with Gasteiger partial charge >= 0.3 is 17.9 Å². The van der Waals surface area contributed by atoms with Crippen molar-refractivity contribution in [2.75, 3.05) is 13.2 Å². The van der Waals surface area contributed by atoms with Gasteiger partial charge in [0.1, 0.15) is 13.2 Å². The summed E-state index contributed by atoms with van der Waals surface area (Å²) < 4.78 is 16.8. The number of rotatable bonds is 48. The van der Waals surface area contributed by atoms with E-state index in [1.165, 1.54) is 70.6 Å². The minimum absolute atomic E-state index is 0.115. The molecule has 1 atom stereocenters. The lowest BCUT2D eigenvalue weighted by molar-refractivity contribution is -0.166. The number of esters is 3. The molecule has 0 fully saturated rings. The molecule has 0 radical (unpaired) electrons. The highest BCUT2D eigenvalue weighted by atomic mass is 16.6. The first kappa shape index (κ1) is 63.8. The summed E-state index contributed by atoms with van der Waals surface area (Å²) in [5.41, 5.74) is 0. The van der Waals surface area contributed by atoms with Gasteiger partial charge in [0.05, 0.1) is 0 Å². The predicted octanol–water partition coefficient (Wildman–Crippen LogP) is 18.5. The molecule has 6 nitrogen and oxygen atoms in total. The Labute approximate surface area is 418 Å². The fourth-order valence-electron chi connectivity index (χ4n) is 7.04. The van der Waals surface area contributed by atoms with Gasteiger partial charge in [-0.2, -0.15) is 0 Å². The van der Waals surface area contributed by atoms with Crippen LogP contribution in [0.5, 0.6) is 0 Å². The van der Waals surface area contributed by atoms with Gasteiger partial charge in [-0.1, -0.05) is 219 Å². The van der Waals surface area contributed by atoms with E-state index in [1.807, 2.05) is 12.2 Å². The van der Waals surface area contributed by atoms with E-state index in [0.717, 1.165) is 116 Å². The van der Waals surface area contributed by atoms with Gasteiger partial charge in [-0.05, 0) is 116 Å². The van der Waals surface area contributed by atoms with Crippen LogP contribution in [0.25, 0.3) is 0 Å². The molecule has 0 heterocycles. The lowest BCUT2D eigenvalue weighted by Crippen LogP contribution is -2.30. The first-order valence-electron chi connectivity index (χ1n) is 27.5. The normalized spacial score (nSPS) is 13.0. The third-order valence-corrected chi connectivity index (χ3v) is 11.2. The number of hydrogen-bond donors (Lipinski definition) is 0. The van der Waals surface area contributed by atoms with Gasteiger partial charge in [-0.15, -0.1) is 0 Å². The molecule has 6 heteroatoms. The van der Waals surface area contributed by atoms with Crippen LogP contribution < -0.4 is 0 Å². The van der Waals surface area contributed by atoms with Crippen LogP contribution in [0.15, 0.2) is 122 Å². The molecule has 0 saturated carbocycles. The minimum atomic E-state index is -0.822. The van der Waals surface area contributed by atoms with E-state index in [4.69, 9.17) is 14.2 Å². The maximum absolute atomic E-state index is 12.8. The van der Waals surface area contributed by atoms with Crippen LogP contribution in [0, 0.1) is 0 Å². The van der Waals surface area contributed by atoms with E-state index >= 15 is 0 Å². The average Bonchev–Trinajstić information content (AvgIpc) is 3.34. The van der Waals surface area contributed by atoms with E-state index in [2.05, 4.69) is 130 Å². The van der Waals surface area contributed by atoms with Gasteiger partial charge in [0, 0.05) is 19.3 Å². The fourth-order valence-corrected chi connectivity index (χ4v) is 7.04. The van der Waals surface area contributed by atoms with Crippen LogP contribution in [0.3, 0.4) is 0 Å². The molecule has 0 saturated heterocycles. The van der Waals surface area contributed by atoms with Crippen molar-refractivity contribution in [3.05, 3.63) is 122 Å². The summed E-state index contributed by atoms with van der Waals surface area (Å²) in [4.78, 5) is 38.1.